The van der Waals surface area contributed by atoms with Crippen molar-refractivity contribution in [3.8, 4) is 0 Å². The quantitative estimate of drug-likeness (QED) is 0.757. The van der Waals surface area contributed by atoms with Crippen LogP contribution in [0.4, 0.5) is 5.13 Å². The van der Waals surface area contributed by atoms with Crippen molar-refractivity contribution in [2.45, 2.75) is 40.3 Å². The molecule has 5 heteroatoms. The fourth-order valence-corrected chi connectivity index (χ4v) is 3.05. The topological polar surface area (TPSA) is 37.4 Å². The summed E-state index contributed by atoms with van der Waals surface area (Å²) in [6.07, 6.45) is 1.20. The minimum Gasteiger partial charge on any atom is -0.378 e. The van der Waals surface area contributed by atoms with Gasteiger partial charge in [0.2, 0.25) is 0 Å². The zero-order valence-electron chi connectivity index (χ0n) is 12.8. The van der Waals surface area contributed by atoms with Gasteiger partial charge >= 0.3 is 0 Å². The monoisotopic (exact) mass is 285 g/mol. The van der Waals surface area contributed by atoms with E-state index in [0.717, 1.165) is 30.5 Å². The number of ether oxygens (including phenoxy) is 1. The number of hydrogen-bond acceptors (Lipinski definition) is 5. The van der Waals surface area contributed by atoms with Crippen molar-refractivity contribution in [3.63, 3.8) is 0 Å². The van der Waals surface area contributed by atoms with Crippen LogP contribution in [0.25, 0.3) is 0 Å². The lowest BCUT2D eigenvalue weighted by Crippen LogP contribution is -2.27. The Morgan fingerprint density at radius 3 is 2.68 bits per heavy atom. The molecule has 0 aromatic carbocycles. The third-order valence-electron chi connectivity index (χ3n) is 3.27. The second-order valence-electron chi connectivity index (χ2n) is 4.88. The fourth-order valence-electron chi connectivity index (χ4n) is 1.90. The van der Waals surface area contributed by atoms with Crippen LogP contribution in [0, 0.1) is 5.92 Å². The lowest BCUT2D eigenvalue weighted by atomic mass is 10.1. The Kier molecular flexibility index (Phi) is 7.34. The van der Waals surface area contributed by atoms with Gasteiger partial charge in [0.15, 0.2) is 5.13 Å². The number of methoxy groups -OCH3 is 1. The van der Waals surface area contributed by atoms with Gasteiger partial charge in [-0.3, -0.25) is 0 Å². The first-order chi connectivity index (χ1) is 9.15. The molecule has 4 nitrogen and oxygen atoms in total. The van der Waals surface area contributed by atoms with E-state index in [0.29, 0.717) is 12.5 Å². The maximum absolute atomic E-state index is 5.24. The number of nitrogens with one attached hydrogen (secondary N) is 1. The highest BCUT2D eigenvalue weighted by atomic mass is 32.1. The van der Waals surface area contributed by atoms with Crippen LogP contribution < -0.4 is 10.2 Å². The van der Waals surface area contributed by atoms with Crippen LogP contribution in [0.3, 0.4) is 0 Å². The molecule has 0 saturated heterocycles. The normalized spacial score (nSPS) is 12.7. The first kappa shape index (κ1) is 16.4. The molecule has 1 aromatic rings. The summed E-state index contributed by atoms with van der Waals surface area (Å²) in [4.78, 5) is 8.41. The highest BCUT2D eigenvalue weighted by Crippen LogP contribution is 2.27. The first-order valence-corrected chi connectivity index (χ1v) is 7.84. The lowest BCUT2D eigenvalue weighted by Gasteiger charge is -2.23. The number of rotatable bonds is 9. The van der Waals surface area contributed by atoms with Crippen molar-refractivity contribution < 1.29 is 4.74 Å². The van der Waals surface area contributed by atoms with E-state index >= 15 is 0 Å². The van der Waals surface area contributed by atoms with E-state index in [1.54, 1.807) is 18.4 Å². The van der Waals surface area contributed by atoms with Crippen LogP contribution in [-0.2, 0) is 17.9 Å². The van der Waals surface area contributed by atoms with Crippen LogP contribution in [0.15, 0.2) is 0 Å². The first-order valence-electron chi connectivity index (χ1n) is 7.03. The molecule has 1 heterocycles. The van der Waals surface area contributed by atoms with E-state index in [1.165, 1.54) is 11.3 Å². The predicted octanol–water partition coefficient (Wildman–Crippen LogP) is 2.88. The molecule has 1 N–H and O–H groups in total. The van der Waals surface area contributed by atoms with E-state index in [9.17, 15) is 0 Å². The summed E-state index contributed by atoms with van der Waals surface area (Å²) in [7, 11) is 3.69. The fraction of sp³-hybridized carbons (Fsp3) is 0.786. The molecule has 1 atom stereocenters. The number of aromatic nitrogens is 1. The van der Waals surface area contributed by atoms with Crippen molar-refractivity contribution in [2.75, 3.05) is 32.1 Å². The zero-order chi connectivity index (χ0) is 14.3. The Morgan fingerprint density at radius 2 is 2.16 bits per heavy atom. The van der Waals surface area contributed by atoms with Crippen LogP contribution >= 0.6 is 11.3 Å². The standard InChI is InChI=1S/C14H27N3OS/c1-6-11(3)9-17(7-2)14-16-12(10-18-5)13(19-14)8-15-4/h11,15H,6-10H2,1-5H3. The number of hydrogen-bond donors (Lipinski definition) is 1. The molecule has 1 aromatic heterocycles. The Balaban J connectivity index is 2.87. The van der Waals surface area contributed by atoms with Crippen LogP contribution in [0.1, 0.15) is 37.8 Å². The third kappa shape index (κ3) is 4.75. The minimum absolute atomic E-state index is 0.592. The average molecular weight is 285 g/mol. The molecule has 0 spiro atoms. The molecule has 0 fully saturated rings. The molecular formula is C14H27N3OS. The molecule has 0 aliphatic carbocycles. The Bertz CT molecular complexity index is 344. The van der Waals surface area contributed by atoms with Crippen LogP contribution in [-0.4, -0.2) is 32.2 Å². The van der Waals surface area contributed by atoms with E-state index in [1.807, 2.05) is 7.05 Å². The van der Waals surface area contributed by atoms with Gasteiger partial charge in [0.05, 0.1) is 12.3 Å². The summed E-state index contributed by atoms with van der Waals surface area (Å²) >= 11 is 1.78. The van der Waals surface area contributed by atoms with E-state index < -0.39 is 0 Å². The summed E-state index contributed by atoms with van der Waals surface area (Å²) in [5.41, 5.74) is 1.07. The number of anilines is 1. The minimum atomic E-state index is 0.592. The van der Waals surface area contributed by atoms with E-state index in [2.05, 4.69) is 31.0 Å². The molecule has 0 radical (unpaired) electrons. The number of nitrogens with zero attached hydrogens (tertiary/aromatic N) is 2. The van der Waals surface area contributed by atoms with Crippen LogP contribution in [0.2, 0.25) is 0 Å². The van der Waals surface area contributed by atoms with Crippen LogP contribution in [0.5, 0.6) is 0 Å². The van der Waals surface area contributed by atoms with Crippen molar-refractivity contribution in [3.05, 3.63) is 10.6 Å². The van der Waals surface area contributed by atoms with E-state index in [4.69, 9.17) is 9.72 Å². The van der Waals surface area contributed by atoms with Gasteiger partial charge in [0.1, 0.15) is 0 Å². The zero-order valence-corrected chi connectivity index (χ0v) is 13.6. The molecule has 0 amide bonds. The molecule has 1 unspecified atom stereocenters. The second-order valence-corrected chi connectivity index (χ2v) is 5.94. The summed E-state index contributed by atoms with van der Waals surface area (Å²) in [6, 6.07) is 0. The van der Waals surface area contributed by atoms with Gasteiger partial charge in [0.25, 0.3) is 0 Å². The Hall–Kier alpha value is -0.650. The molecule has 1 rings (SSSR count). The largest absolute Gasteiger partial charge is 0.378 e. The number of thiazole rings is 1. The summed E-state index contributed by atoms with van der Waals surface area (Å²) in [5.74, 6) is 0.697. The maximum atomic E-state index is 5.24. The third-order valence-corrected chi connectivity index (χ3v) is 4.42. The summed E-state index contributed by atoms with van der Waals surface area (Å²) in [6.45, 7) is 10.3. The van der Waals surface area contributed by atoms with Crippen molar-refractivity contribution in [1.29, 1.82) is 0 Å². The van der Waals surface area contributed by atoms with Gasteiger partial charge in [-0.1, -0.05) is 20.3 Å². The van der Waals surface area contributed by atoms with Crippen molar-refractivity contribution in [1.82, 2.24) is 10.3 Å². The van der Waals surface area contributed by atoms with Gasteiger partial charge < -0.3 is 15.0 Å². The smallest absolute Gasteiger partial charge is 0.185 e. The average Bonchev–Trinajstić information content (AvgIpc) is 2.79. The van der Waals surface area contributed by atoms with Gasteiger partial charge in [0, 0.05) is 31.6 Å². The van der Waals surface area contributed by atoms with Gasteiger partial charge in [-0.25, -0.2) is 4.98 Å². The maximum Gasteiger partial charge on any atom is 0.185 e. The highest BCUT2D eigenvalue weighted by Gasteiger charge is 2.16. The molecular weight excluding hydrogens is 258 g/mol. The van der Waals surface area contributed by atoms with Gasteiger partial charge in [-0.2, -0.15) is 0 Å². The van der Waals surface area contributed by atoms with Crippen molar-refractivity contribution in [2.24, 2.45) is 5.92 Å². The lowest BCUT2D eigenvalue weighted by molar-refractivity contribution is 0.181. The Labute approximate surface area is 121 Å². The second kappa shape index (κ2) is 8.51. The molecule has 0 bridgehead atoms. The van der Waals surface area contributed by atoms with Crippen molar-refractivity contribution >= 4 is 16.5 Å². The predicted molar refractivity (Wildman–Crippen MR) is 82.9 cm³/mol. The molecule has 19 heavy (non-hydrogen) atoms. The molecule has 0 saturated carbocycles. The summed E-state index contributed by atoms with van der Waals surface area (Å²) < 4.78 is 5.24. The highest BCUT2D eigenvalue weighted by molar-refractivity contribution is 7.15. The molecule has 110 valence electrons. The summed E-state index contributed by atoms with van der Waals surface area (Å²) in [5, 5.41) is 4.33. The molecule has 0 aliphatic rings. The SMILES string of the molecule is CCC(C)CN(CC)c1nc(COC)c(CNC)s1. The van der Waals surface area contributed by atoms with Gasteiger partial charge in [-0.05, 0) is 19.9 Å². The Morgan fingerprint density at radius 1 is 1.42 bits per heavy atom. The molecule has 0 aliphatic heterocycles. The van der Waals surface area contributed by atoms with Gasteiger partial charge in [-0.15, -0.1) is 11.3 Å². The van der Waals surface area contributed by atoms with E-state index in [-0.39, 0.29) is 0 Å².